The minimum absolute atomic E-state index is 0.153. The third-order valence-electron chi connectivity index (χ3n) is 4.52. The van der Waals surface area contributed by atoms with Gasteiger partial charge in [0, 0.05) is 24.8 Å². The molecule has 1 rings (SSSR count). The molecule has 1 N–H and O–H groups in total. The smallest absolute Gasteiger partial charge is 0.192 e. The number of rotatable bonds is 9. The first-order valence-electron chi connectivity index (χ1n) is 8.85. The Bertz CT molecular complexity index is 490. The predicted molar refractivity (Wildman–Crippen MR) is 103 cm³/mol. The number of halogens is 2. The average Bonchev–Trinajstić information content (AvgIpc) is 2.51. The van der Waals surface area contributed by atoms with Gasteiger partial charge in [-0.1, -0.05) is 53.1 Å². The van der Waals surface area contributed by atoms with Crippen molar-refractivity contribution in [2.24, 2.45) is 5.41 Å². The van der Waals surface area contributed by atoms with E-state index in [0.29, 0.717) is 17.1 Å². The van der Waals surface area contributed by atoms with Gasteiger partial charge in [-0.05, 0) is 23.5 Å². The van der Waals surface area contributed by atoms with Crippen LogP contribution in [0.15, 0.2) is 12.4 Å². The van der Waals surface area contributed by atoms with Gasteiger partial charge in [-0.15, -0.1) is 0 Å². The van der Waals surface area contributed by atoms with Crippen LogP contribution in [0, 0.1) is 11.2 Å². The van der Waals surface area contributed by atoms with Crippen molar-refractivity contribution >= 4 is 19.9 Å². The van der Waals surface area contributed by atoms with Gasteiger partial charge in [0.05, 0.1) is 17.3 Å². The van der Waals surface area contributed by atoms with E-state index in [4.69, 9.17) is 16.0 Å². The molecular weight excluding hydrogens is 343 g/mol. The van der Waals surface area contributed by atoms with Gasteiger partial charge in [-0.25, -0.2) is 4.39 Å². The summed E-state index contributed by atoms with van der Waals surface area (Å²) in [7, 11) is -1.89. The first-order valence-corrected chi connectivity index (χ1v) is 11.8. The van der Waals surface area contributed by atoms with Crippen LogP contribution < -0.4 is 5.32 Å². The molecule has 0 spiro atoms. The quantitative estimate of drug-likeness (QED) is 0.573. The van der Waals surface area contributed by atoms with Crippen LogP contribution in [0.25, 0.3) is 0 Å². The molecule has 1 aromatic heterocycles. The van der Waals surface area contributed by atoms with E-state index in [1.54, 1.807) is 0 Å². The van der Waals surface area contributed by atoms with E-state index in [1.807, 2.05) is 0 Å². The zero-order valence-corrected chi connectivity index (χ0v) is 17.6. The van der Waals surface area contributed by atoms with E-state index in [0.717, 1.165) is 24.7 Å². The molecule has 0 radical (unpaired) electrons. The Morgan fingerprint density at radius 1 is 1.21 bits per heavy atom. The van der Waals surface area contributed by atoms with E-state index >= 15 is 0 Å². The second kappa shape index (κ2) is 9.27. The summed E-state index contributed by atoms with van der Waals surface area (Å²) in [4.78, 5) is 3.83. The molecule has 138 valence electrons. The van der Waals surface area contributed by atoms with Crippen molar-refractivity contribution in [1.29, 1.82) is 0 Å². The van der Waals surface area contributed by atoms with E-state index < -0.39 is 14.1 Å². The van der Waals surface area contributed by atoms with Gasteiger partial charge in [0.2, 0.25) is 0 Å². The van der Waals surface area contributed by atoms with Gasteiger partial charge in [-0.2, -0.15) is 0 Å². The maximum atomic E-state index is 14.4. The third kappa shape index (κ3) is 6.10. The molecule has 3 nitrogen and oxygen atoms in total. The molecule has 0 aliphatic carbocycles. The van der Waals surface area contributed by atoms with Crippen molar-refractivity contribution in [3.8, 4) is 0 Å². The lowest BCUT2D eigenvalue weighted by molar-refractivity contribution is 0.176. The maximum Gasteiger partial charge on any atom is 0.192 e. The standard InChI is InChI=1S/C18H32ClFN2OSi/c1-7-24(8-2,9-3)23-16(12-22-13-18(4,5)6)17-14(19)10-21-11-15(17)20/h10-11,16,22H,7-9,12-13H2,1-6H3. The van der Waals surface area contributed by atoms with Crippen LogP contribution in [0.1, 0.15) is 53.2 Å². The van der Waals surface area contributed by atoms with Crippen LogP contribution in [0.4, 0.5) is 4.39 Å². The minimum atomic E-state index is -1.89. The number of hydrogen-bond acceptors (Lipinski definition) is 3. The van der Waals surface area contributed by atoms with Gasteiger partial charge in [0.1, 0.15) is 5.82 Å². The molecule has 1 heterocycles. The van der Waals surface area contributed by atoms with Crippen molar-refractivity contribution in [3.63, 3.8) is 0 Å². The second-order valence-corrected chi connectivity index (χ2v) is 12.7. The summed E-state index contributed by atoms with van der Waals surface area (Å²) in [6.07, 6.45) is 2.33. The fourth-order valence-electron chi connectivity index (χ4n) is 2.81. The van der Waals surface area contributed by atoms with Gasteiger partial charge in [0.25, 0.3) is 0 Å². The largest absolute Gasteiger partial charge is 0.408 e. The summed E-state index contributed by atoms with van der Waals surface area (Å²) in [5.74, 6) is -0.392. The Hall–Kier alpha value is -0.493. The van der Waals surface area contributed by atoms with Crippen LogP contribution in [0.2, 0.25) is 23.2 Å². The molecule has 0 aliphatic rings. The number of hydrogen-bond donors (Lipinski definition) is 1. The highest BCUT2D eigenvalue weighted by Crippen LogP contribution is 2.33. The van der Waals surface area contributed by atoms with E-state index in [-0.39, 0.29) is 11.5 Å². The molecule has 6 heteroatoms. The summed E-state index contributed by atoms with van der Waals surface area (Å²) in [5.41, 5.74) is 0.584. The van der Waals surface area contributed by atoms with Crippen LogP contribution >= 0.6 is 11.6 Å². The Morgan fingerprint density at radius 2 is 1.79 bits per heavy atom. The van der Waals surface area contributed by atoms with Gasteiger partial charge < -0.3 is 9.74 Å². The Labute approximate surface area is 152 Å². The summed E-state index contributed by atoms with van der Waals surface area (Å²) < 4.78 is 21.0. The van der Waals surface area contributed by atoms with E-state index in [1.165, 1.54) is 12.4 Å². The summed E-state index contributed by atoms with van der Waals surface area (Å²) in [5, 5.41) is 3.76. The third-order valence-corrected chi connectivity index (χ3v) is 9.47. The van der Waals surface area contributed by atoms with E-state index in [9.17, 15) is 4.39 Å². The SMILES string of the molecule is CC[Si](CC)(CC)OC(CNCC(C)(C)C)c1c(F)cncc1Cl. The lowest BCUT2D eigenvalue weighted by atomic mass is 9.97. The molecule has 0 aromatic carbocycles. The summed E-state index contributed by atoms with van der Waals surface area (Å²) in [6.45, 7) is 14.4. The topological polar surface area (TPSA) is 34.1 Å². The minimum Gasteiger partial charge on any atom is -0.408 e. The lowest BCUT2D eigenvalue weighted by Gasteiger charge is -2.34. The molecule has 0 fully saturated rings. The van der Waals surface area contributed by atoms with Crippen LogP contribution in [-0.2, 0) is 4.43 Å². The highest BCUT2D eigenvalue weighted by Gasteiger charge is 2.34. The summed E-state index contributed by atoms with van der Waals surface area (Å²) >= 11 is 6.26. The first-order chi connectivity index (χ1) is 11.2. The van der Waals surface area contributed by atoms with E-state index in [2.05, 4.69) is 51.8 Å². The van der Waals surface area contributed by atoms with Gasteiger partial charge in [-0.3, -0.25) is 4.98 Å². The number of nitrogens with one attached hydrogen (secondary N) is 1. The number of aromatic nitrogens is 1. The van der Waals surface area contributed by atoms with Gasteiger partial charge >= 0.3 is 0 Å². The van der Waals surface area contributed by atoms with Crippen molar-refractivity contribution in [2.45, 2.75) is 65.8 Å². The van der Waals surface area contributed by atoms with Crippen molar-refractivity contribution in [3.05, 3.63) is 28.8 Å². The van der Waals surface area contributed by atoms with Crippen molar-refractivity contribution in [1.82, 2.24) is 10.3 Å². The molecular formula is C18H32ClFN2OSi. The number of pyridine rings is 1. The van der Waals surface area contributed by atoms with Crippen LogP contribution in [0.3, 0.4) is 0 Å². The zero-order valence-electron chi connectivity index (χ0n) is 15.9. The average molecular weight is 375 g/mol. The van der Waals surface area contributed by atoms with Crippen LogP contribution in [0.5, 0.6) is 0 Å². The molecule has 1 aromatic rings. The second-order valence-electron chi connectivity index (χ2n) is 7.56. The van der Waals surface area contributed by atoms with Crippen LogP contribution in [-0.4, -0.2) is 26.4 Å². The highest BCUT2D eigenvalue weighted by molar-refractivity contribution is 6.73. The monoisotopic (exact) mass is 374 g/mol. The molecule has 24 heavy (non-hydrogen) atoms. The fourth-order valence-corrected chi connectivity index (χ4v) is 5.88. The highest BCUT2D eigenvalue weighted by atomic mass is 35.5. The van der Waals surface area contributed by atoms with Crippen molar-refractivity contribution < 1.29 is 8.82 Å². The Kier molecular flexibility index (Phi) is 8.33. The molecule has 0 saturated heterocycles. The Morgan fingerprint density at radius 3 is 2.25 bits per heavy atom. The summed E-state index contributed by atoms with van der Waals surface area (Å²) in [6, 6.07) is 3.04. The molecule has 0 aliphatic heterocycles. The molecule has 0 bridgehead atoms. The first kappa shape index (κ1) is 21.5. The van der Waals surface area contributed by atoms with Crippen molar-refractivity contribution in [2.75, 3.05) is 13.1 Å². The van der Waals surface area contributed by atoms with Gasteiger partial charge in [0.15, 0.2) is 8.32 Å². The zero-order chi connectivity index (χ0) is 18.4. The number of nitrogens with zero attached hydrogens (tertiary/aromatic N) is 1. The molecule has 0 saturated carbocycles. The molecule has 0 amide bonds. The maximum absolute atomic E-state index is 14.4. The predicted octanol–water partition coefficient (Wildman–Crippen LogP) is 5.57. The Balaban J connectivity index is 3.07. The molecule has 1 atom stereocenters. The normalized spacial score (nSPS) is 14.0. The molecule has 1 unspecified atom stereocenters. The lowest BCUT2D eigenvalue weighted by Crippen LogP contribution is -2.41. The fraction of sp³-hybridized carbons (Fsp3) is 0.722.